The molecular weight excluding hydrogens is 233 g/mol. The van der Waals surface area contributed by atoms with Crippen LogP contribution >= 0.6 is 0 Å². The number of halogens is 1. The third-order valence-electron chi connectivity index (χ3n) is 3.44. The molecule has 0 atom stereocenters. The van der Waals surface area contributed by atoms with Gasteiger partial charge < -0.3 is 14.7 Å². The van der Waals surface area contributed by atoms with Gasteiger partial charge in [-0.3, -0.25) is 0 Å². The number of anilines is 1. The molecule has 0 aromatic heterocycles. The van der Waals surface area contributed by atoms with E-state index in [2.05, 4.69) is 18.7 Å². The van der Waals surface area contributed by atoms with Gasteiger partial charge >= 0.3 is 0 Å². The molecule has 100 valence electrons. The van der Waals surface area contributed by atoms with Gasteiger partial charge in [-0.05, 0) is 38.1 Å². The molecule has 18 heavy (non-hydrogen) atoms. The van der Waals surface area contributed by atoms with Crippen molar-refractivity contribution in [2.75, 3.05) is 31.3 Å². The Labute approximate surface area is 107 Å². The molecule has 1 N–H and O–H groups in total. The minimum Gasteiger partial charge on any atom is -0.396 e. The molecule has 3 nitrogen and oxygen atoms in total. The summed E-state index contributed by atoms with van der Waals surface area (Å²) >= 11 is 0. The summed E-state index contributed by atoms with van der Waals surface area (Å²) in [6.07, 6.45) is 0. The first-order chi connectivity index (χ1) is 8.56. The number of hydrogen-bond acceptors (Lipinski definition) is 3. The fourth-order valence-corrected chi connectivity index (χ4v) is 2.19. The maximum Gasteiger partial charge on any atom is 0.123 e. The second kappa shape index (κ2) is 5.24. The van der Waals surface area contributed by atoms with Crippen LogP contribution in [0, 0.1) is 11.2 Å². The second-order valence-corrected chi connectivity index (χ2v) is 5.35. The van der Waals surface area contributed by atoms with Crippen molar-refractivity contribution < 1.29 is 14.2 Å². The lowest BCUT2D eigenvalue weighted by Gasteiger charge is -2.45. The van der Waals surface area contributed by atoms with Crippen molar-refractivity contribution >= 4 is 5.69 Å². The summed E-state index contributed by atoms with van der Waals surface area (Å²) < 4.78 is 18.2. The summed E-state index contributed by atoms with van der Waals surface area (Å²) in [4.78, 5) is 2.18. The molecule has 1 fully saturated rings. The topological polar surface area (TPSA) is 32.7 Å². The minimum atomic E-state index is -0.230. The van der Waals surface area contributed by atoms with Gasteiger partial charge in [-0.1, -0.05) is 0 Å². The van der Waals surface area contributed by atoms with Gasteiger partial charge in [-0.25, -0.2) is 4.39 Å². The first-order valence-corrected chi connectivity index (χ1v) is 6.27. The lowest BCUT2D eigenvalue weighted by atomic mass is 9.86. The minimum absolute atomic E-state index is 0.122. The maximum atomic E-state index is 13.0. The molecule has 1 aromatic carbocycles. The monoisotopic (exact) mass is 253 g/mol. The van der Waals surface area contributed by atoms with Crippen molar-refractivity contribution in [2.24, 2.45) is 5.41 Å². The lowest BCUT2D eigenvalue weighted by molar-refractivity contribution is -0.131. The molecule has 1 saturated heterocycles. The van der Waals surface area contributed by atoms with Gasteiger partial charge in [0, 0.05) is 18.3 Å². The molecule has 1 aliphatic heterocycles. The zero-order chi connectivity index (χ0) is 13.2. The molecule has 2 rings (SSSR count). The summed E-state index contributed by atoms with van der Waals surface area (Å²) in [5.41, 5.74) is 0.810. The van der Waals surface area contributed by atoms with E-state index in [0.717, 1.165) is 12.2 Å². The quantitative estimate of drug-likeness (QED) is 0.871. The molecular formula is C14H20FNO2. The number of aliphatic hydroxyl groups excluding tert-OH is 1. The van der Waals surface area contributed by atoms with E-state index in [0.29, 0.717) is 19.3 Å². The Bertz CT molecular complexity index is 382. The number of rotatable bonds is 5. The molecule has 0 saturated carbocycles. The van der Waals surface area contributed by atoms with Gasteiger partial charge in [0.15, 0.2) is 0 Å². The van der Waals surface area contributed by atoms with Crippen LogP contribution in [0.5, 0.6) is 0 Å². The van der Waals surface area contributed by atoms with Crippen LogP contribution in [0.25, 0.3) is 0 Å². The van der Waals surface area contributed by atoms with Crippen LogP contribution in [0.1, 0.15) is 13.8 Å². The van der Waals surface area contributed by atoms with E-state index < -0.39 is 0 Å². The largest absolute Gasteiger partial charge is 0.396 e. The summed E-state index contributed by atoms with van der Waals surface area (Å²) in [5, 5.41) is 9.49. The summed E-state index contributed by atoms with van der Waals surface area (Å²) in [6, 6.07) is 6.78. The van der Waals surface area contributed by atoms with Crippen LogP contribution in [0.15, 0.2) is 24.3 Å². The van der Waals surface area contributed by atoms with Gasteiger partial charge in [0.25, 0.3) is 0 Å². The fourth-order valence-electron chi connectivity index (χ4n) is 2.19. The van der Waals surface area contributed by atoms with E-state index in [1.54, 1.807) is 12.1 Å². The van der Waals surface area contributed by atoms with E-state index in [-0.39, 0.29) is 17.8 Å². The highest BCUT2D eigenvalue weighted by Crippen LogP contribution is 2.31. The summed E-state index contributed by atoms with van der Waals surface area (Å²) in [5.74, 6) is -0.230. The van der Waals surface area contributed by atoms with Crippen molar-refractivity contribution in [2.45, 2.75) is 19.9 Å². The Morgan fingerprint density at radius 3 is 2.33 bits per heavy atom. The Hall–Kier alpha value is -1.13. The zero-order valence-corrected chi connectivity index (χ0v) is 10.9. The Morgan fingerprint density at radius 1 is 1.33 bits per heavy atom. The number of hydrogen-bond donors (Lipinski definition) is 1. The third kappa shape index (κ3) is 2.65. The highest BCUT2D eigenvalue weighted by molar-refractivity contribution is 5.47. The van der Waals surface area contributed by atoms with E-state index in [4.69, 9.17) is 4.74 Å². The van der Waals surface area contributed by atoms with Gasteiger partial charge in [-0.2, -0.15) is 0 Å². The summed E-state index contributed by atoms with van der Waals surface area (Å²) in [7, 11) is 0. The van der Waals surface area contributed by atoms with E-state index in [9.17, 15) is 9.50 Å². The third-order valence-corrected chi connectivity index (χ3v) is 3.44. The standard InChI is InChI=1S/C14H20FNO2/c1-11(2)16(7-14(8-17)9-18-10-14)13-5-3-12(15)4-6-13/h3-6,11,17H,7-10H2,1-2H3. The predicted octanol–water partition coefficient (Wildman–Crippen LogP) is 2.05. The highest BCUT2D eigenvalue weighted by Gasteiger charge is 2.40. The number of benzene rings is 1. The van der Waals surface area contributed by atoms with E-state index in [1.807, 2.05) is 0 Å². The van der Waals surface area contributed by atoms with Crippen LogP contribution in [-0.2, 0) is 4.74 Å². The van der Waals surface area contributed by atoms with Crippen molar-refractivity contribution in [3.05, 3.63) is 30.1 Å². The van der Waals surface area contributed by atoms with Crippen LogP contribution in [-0.4, -0.2) is 37.5 Å². The number of aliphatic hydroxyl groups is 1. The molecule has 1 aromatic rings. The molecule has 4 heteroatoms. The summed E-state index contributed by atoms with van der Waals surface area (Å²) in [6.45, 7) is 6.22. The number of ether oxygens (including phenoxy) is 1. The smallest absolute Gasteiger partial charge is 0.123 e. The van der Waals surface area contributed by atoms with Crippen LogP contribution < -0.4 is 4.90 Å². The fraction of sp³-hybridized carbons (Fsp3) is 0.571. The normalized spacial score (nSPS) is 17.6. The molecule has 0 radical (unpaired) electrons. The first-order valence-electron chi connectivity index (χ1n) is 6.27. The molecule has 0 aliphatic carbocycles. The van der Waals surface area contributed by atoms with E-state index >= 15 is 0 Å². The Balaban J connectivity index is 2.15. The SMILES string of the molecule is CC(C)N(CC1(CO)COC1)c1ccc(F)cc1. The molecule has 0 amide bonds. The van der Waals surface area contributed by atoms with E-state index in [1.165, 1.54) is 12.1 Å². The Morgan fingerprint density at radius 2 is 1.94 bits per heavy atom. The van der Waals surface area contributed by atoms with Gasteiger partial charge in [0.05, 0.1) is 25.2 Å². The molecule has 0 unspecified atom stereocenters. The number of nitrogens with zero attached hydrogens (tertiary/aromatic N) is 1. The van der Waals surface area contributed by atoms with Crippen molar-refractivity contribution in [3.8, 4) is 0 Å². The average molecular weight is 253 g/mol. The van der Waals surface area contributed by atoms with Gasteiger partial charge in [0.2, 0.25) is 0 Å². The van der Waals surface area contributed by atoms with Crippen molar-refractivity contribution in [3.63, 3.8) is 0 Å². The molecule has 1 aliphatic rings. The maximum absolute atomic E-state index is 13.0. The second-order valence-electron chi connectivity index (χ2n) is 5.35. The zero-order valence-electron chi connectivity index (χ0n) is 10.9. The lowest BCUT2D eigenvalue weighted by Crippen LogP contribution is -2.54. The van der Waals surface area contributed by atoms with Crippen LogP contribution in [0.4, 0.5) is 10.1 Å². The van der Waals surface area contributed by atoms with Gasteiger partial charge in [-0.15, -0.1) is 0 Å². The Kier molecular flexibility index (Phi) is 3.88. The van der Waals surface area contributed by atoms with Gasteiger partial charge in [0.1, 0.15) is 5.82 Å². The molecule has 1 heterocycles. The average Bonchev–Trinajstić information content (AvgIpc) is 2.30. The van der Waals surface area contributed by atoms with Crippen molar-refractivity contribution in [1.82, 2.24) is 0 Å². The van der Waals surface area contributed by atoms with Crippen LogP contribution in [0.2, 0.25) is 0 Å². The first kappa shape index (κ1) is 13.3. The van der Waals surface area contributed by atoms with Crippen molar-refractivity contribution in [1.29, 1.82) is 0 Å². The molecule has 0 spiro atoms. The van der Waals surface area contributed by atoms with Crippen LogP contribution in [0.3, 0.4) is 0 Å². The predicted molar refractivity (Wildman–Crippen MR) is 69.2 cm³/mol. The molecule has 0 bridgehead atoms. The highest BCUT2D eigenvalue weighted by atomic mass is 19.1.